The first-order valence-electron chi connectivity index (χ1n) is 9.61. The molecular formula is C26H36S. The van der Waals surface area contributed by atoms with Crippen LogP contribution in [0.15, 0.2) is 42.5 Å². The maximum Gasteiger partial charge on any atom is 0.0274 e. The first-order valence-corrected chi connectivity index (χ1v) is 10.1. The molecule has 146 valence electrons. The molecule has 0 atom stereocenters. The molecule has 0 unspecified atom stereocenters. The molecule has 27 heavy (non-hydrogen) atoms. The Kier molecular flexibility index (Phi) is 8.24. The monoisotopic (exact) mass is 380 g/mol. The summed E-state index contributed by atoms with van der Waals surface area (Å²) in [7, 11) is 0. The molecule has 0 aliphatic rings. The molecule has 2 rings (SSSR count). The lowest BCUT2D eigenvalue weighted by Gasteiger charge is -2.34. The molecule has 0 radical (unpaired) electrons. The van der Waals surface area contributed by atoms with Crippen LogP contribution in [0.4, 0.5) is 0 Å². The van der Waals surface area contributed by atoms with E-state index in [4.69, 9.17) is 0 Å². The van der Waals surface area contributed by atoms with Crippen LogP contribution < -0.4 is 0 Å². The lowest BCUT2D eigenvalue weighted by atomic mass is 9.70. The van der Waals surface area contributed by atoms with E-state index in [2.05, 4.69) is 108 Å². The van der Waals surface area contributed by atoms with Crippen LogP contribution in [-0.2, 0) is 5.41 Å². The fourth-order valence-corrected chi connectivity index (χ4v) is 3.71. The second kappa shape index (κ2) is 9.52. The van der Waals surface area contributed by atoms with E-state index in [-0.39, 0.29) is 17.6 Å². The first kappa shape index (κ1) is 23.4. The summed E-state index contributed by atoms with van der Waals surface area (Å²) in [6.07, 6.45) is 2.96. The zero-order chi connectivity index (χ0) is 19.4. The van der Waals surface area contributed by atoms with Gasteiger partial charge in [-0.1, -0.05) is 88.9 Å². The Bertz CT molecular complexity index is 808. The Morgan fingerprint density at radius 3 is 2.07 bits per heavy atom. The van der Waals surface area contributed by atoms with E-state index >= 15 is 0 Å². The Morgan fingerprint density at radius 2 is 1.56 bits per heavy atom. The summed E-state index contributed by atoms with van der Waals surface area (Å²) in [4.78, 5) is 0. The second-order valence-electron chi connectivity index (χ2n) is 7.98. The summed E-state index contributed by atoms with van der Waals surface area (Å²) in [5, 5.41) is 0. The molecule has 0 fully saturated rings. The topological polar surface area (TPSA) is 0 Å². The third kappa shape index (κ3) is 5.66. The molecule has 0 heterocycles. The van der Waals surface area contributed by atoms with Crippen molar-refractivity contribution in [2.45, 2.75) is 78.4 Å². The Labute approximate surface area is 173 Å². The molecule has 0 aliphatic heterocycles. The molecule has 0 nitrogen and oxygen atoms in total. The first-order chi connectivity index (χ1) is 12.2. The normalized spacial score (nSPS) is 11.4. The van der Waals surface area contributed by atoms with E-state index in [9.17, 15) is 0 Å². The average Bonchev–Trinajstić information content (AvgIpc) is 2.57. The lowest BCUT2D eigenvalue weighted by molar-refractivity contribution is 0.478. The summed E-state index contributed by atoms with van der Waals surface area (Å²) in [5.41, 5.74) is 6.57. The molecule has 2 aromatic carbocycles. The van der Waals surface area contributed by atoms with Crippen molar-refractivity contribution in [3.05, 3.63) is 70.3 Å². The van der Waals surface area contributed by atoms with Crippen molar-refractivity contribution in [2.24, 2.45) is 0 Å². The molecule has 0 aromatic heterocycles. The molecule has 0 spiro atoms. The van der Waals surface area contributed by atoms with Crippen molar-refractivity contribution in [1.29, 1.82) is 0 Å². The van der Waals surface area contributed by atoms with Crippen LogP contribution in [0.25, 0.3) is 0 Å². The molecule has 0 amide bonds. The number of rotatable bonds is 5. The van der Waals surface area contributed by atoms with Crippen LogP contribution in [0.1, 0.15) is 82.2 Å². The van der Waals surface area contributed by atoms with Crippen molar-refractivity contribution >= 4 is 12.6 Å². The van der Waals surface area contributed by atoms with E-state index in [0.717, 1.165) is 24.8 Å². The van der Waals surface area contributed by atoms with Gasteiger partial charge in [-0.25, -0.2) is 0 Å². The molecule has 0 N–H and O–H groups in total. The summed E-state index contributed by atoms with van der Waals surface area (Å²) in [6, 6.07) is 15.8. The van der Waals surface area contributed by atoms with E-state index in [1.165, 1.54) is 22.3 Å². The molecular weight excluding hydrogens is 344 g/mol. The minimum atomic E-state index is -0.0500. The average molecular weight is 381 g/mol. The van der Waals surface area contributed by atoms with Crippen LogP contribution in [0.2, 0.25) is 0 Å². The Balaban J connectivity index is 0.00000364. The molecule has 0 saturated carbocycles. The quantitative estimate of drug-likeness (QED) is 0.403. The highest BCUT2D eigenvalue weighted by molar-refractivity contribution is 7.81. The van der Waals surface area contributed by atoms with Crippen molar-refractivity contribution in [1.82, 2.24) is 0 Å². The largest absolute Gasteiger partial charge is 0.172 e. The Hall–Kier alpha value is -1.65. The van der Waals surface area contributed by atoms with Crippen LogP contribution in [-0.4, -0.2) is 4.75 Å². The van der Waals surface area contributed by atoms with Gasteiger partial charge in [0.1, 0.15) is 0 Å². The van der Waals surface area contributed by atoms with Crippen molar-refractivity contribution < 1.29 is 0 Å². The van der Waals surface area contributed by atoms with Gasteiger partial charge in [0, 0.05) is 22.1 Å². The maximum atomic E-state index is 4.55. The second-order valence-corrected chi connectivity index (χ2v) is 9.19. The van der Waals surface area contributed by atoms with Gasteiger partial charge in [0.05, 0.1) is 0 Å². The molecule has 0 saturated heterocycles. The van der Waals surface area contributed by atoms with Gasteiger partial charge in [-0.3, -0.25) is 0 Å². The number of benzene rings is 2. The molecule has 0 bridgehead atoms. The highest BCUT2D eigenvalue weighted by atomic mass is 32.1. The third-order valence-electron chi connectivity index (χ3n) is 5.30. The maximum absolute atomic E-state index is 4.55. The van der Waals surface area contributed by atoms with Gasteiger partial charge < -0.3 is 0 Å². The highest BCUT2D eigenvalue weighted by Crippen LogP contribution is 2.39. The van der Waals surface area contributed by atoms with Crippen molar-refractivity contribution in [3.63, 3.8) is 0 Å². The number of thiol groups is 1. The van der Waals surface area contributed by atoms with Gasteiger partial charge in [-0.2, -0.15) is 12.6 Å². The zero-order valence-corrected chi connectivity index (χ0v) is 18.0. The van der Waals surface area contributed by atoms with Gasteiger partial charge in [0.15, 0.2) is 0 Å². The molecule has 0 aliphatic carbocycles. The summed E-state index contributed by atoms with van der Waals surface area (Å²) < 4.78 is -0.0500. The predicted octanol–water partition coefficient (Wildman–Crippen LogP) is 7.50. The smallest absolute Gasteiger partial charge is 0.0274 e. The van der Waals surface area contributed by atoms with Crippen molar-refractivity contribution in [3.8, 4) is 11.8 Å². The standard InChI is InChI=1S/C25H32S.CH4/c1-7-25(8-2,22-13-9-11-19(3)17-22)23-15-14-21(20(4)18-23)12-10-16-24(5,6)26;/h9,11,13-15,17-18,26H,7-8,16H2,1-6H3;1H4. The fourth-order valence-electron chi connectivity index (χ4n) is 3.63. The summed E-state index contributed by atoms with van der Waals surface area (Å²) >= 11 is 4.55. The fraction of sp³-hybridized carbons (Fsp3) is 0.462. The van der Waals surface area contributed by atoms with E-state index in [1.54, 1.807) is 0 Å². The third-order valence-corrected chi connectivity index (χ3v) is 5.46. The van der Waals surface area contributed by atoms with Gasteiger partial charge in [0.2, 0.25) is 0 Å². The van der Waals surface area contributed by atoms with Gasteiger partial charge >= 0.3 is 0 Å². The summed E-state index contributed by atoms with van der Waals surface area (Å²) in [5.74, 6) is 6.62. The number of aryl methyl sites for hydroxylation is 2. The van der Waals surface area contributed by atoms with Crippen LogP contribution >= 0.6 is 12.6 Å². The number of hydrogen-bond acceptors (Lipinski definition) is 1. The van der Waals surface area contributed by atoms with Crippen LogP contribution in [0, 0.1) is 25.7 Å². The van der Waals surface area contributed by atoms with Gasteiger partial charge in [0.25, 0.3) is 0 Å². The van der Waals surface area contributed by atoms with Crippen molar-refractivity contribution in [2.75, 3.05) is 0 Å². The summed E-state index contributed by atoms with van der Waals surface area (Å²) in [6.45, 7) is 13.1. The molecule has 1 heteroatoms. The number of hydrogen-bond donors (Lipinski definition) is 1. The molecule has 2 aromatic rings. The van der Waals surface area contributed by atoms with E-state index in [1.807, 2.05) is 0 Å². The highest BCUT2D eigenvalue weighted by Gasteiger charge is 2.30. The Morgan fingerprint density at radius 1 is 0.926 bits per heavy atom. The predicted molar refractivity (Wildman–Crippen MR) is 125 cm³/mol. The lowest BCUT2D eigenvalue weighted by Crippen LogP contribution is -2.26. The minimum Gasteiger partial charge on any atom is -0.172 e. The minimum absolute atomic E-state index is 0. The van der Waals surface area contributed by atoms with Crippen LogP contribution in [0.5, 0.6) is 0 Å². The van der Waals surface area contributed by atoms with E-state index < -0.39 is 0 Å². The zero-order valence-electron chi connectivity index (χ0n) is 17.1. The van der Waals surface area contributed by atoms with Gasteiger partial charge in [-0.15, -0.1) is 0 Å². The van der Waals surface area contributed by atoms with Gasteiger partial charge in [-0.05, 0) is 49.4 Å². The van der Waals surface area contributed by atoms with Crippen LogP contribution in [0.3, 0.4) is 0 Å². The van der Waals surface area contributed by atoms with E-state index in [0.29, 0.717) is 0 Å². The SMILES string of the molecule is C.CCC(CC)(c1cccc(C)c1)c1ccc(C#CCC(C)(C)S)c(C)c1.